The van der Waals surface area contributed by atoms with Gasteiger partial charge in [-0.3, -0.25) is 10.1 Å². The van der Waals surface area contributed by atoms with Crippen LogP contribution in [0.25, 0.3) is 0 Å². The minimum absolute atomic E-state index is 0.125. The van der Waals surface area contributed by atoms with Gasteiger partial charge in [-0.1, -0.05) is 15.9 Å². The zero-order valence-corrected chi connectivity index (χ0v) is 13.6. The minimum atomic E-state index is -0.514. The fourth-order valence-electron chi connectivity index (χ4n) is 1.88. The minimum Gasteiger partial charge on any atom is -0.618 e. The van der Waals surface area contributed by atoms with Crippen molar-refractivity contribution < 1.29 is 9.66 Å². The Hall–Kier alpha value is -2.41. The number of nitrogens with zero attached hydrogens (tertiary/aromatic N) is 3. The molecule has 2 aromatic carbocycles. The molecule has 0 saturated heterocycles. The van der Waals surface area contributed by atoms with Crippen molar-refractivity contribution in [3.05, 3.63) is 67.8 Å². The highest BCUT2D eigenvalue weighted by molar-refractivity contribution is 9.10. The first-order chi connectivity index (χ1) is 10.4. The van der Waals surface area contributed by atoms with E-state index >= 15 is 0 Å². The first-order valence-corrected chi connectivity index (χ1v) is 7.20. The molecular weight excluding hydrogens is 350 g/mol. The Labute approximate surface area is 136 Å². The lowest BCUT2D eigenvalue weighted by Gasteiger charge is -2.12. The summed E-state index contributed by atoms with van der Waals surface area (Å²) in [7, 11) is 3.81. The highest BCUT2D eigenvalue weighted by atomic mass is 79.9. The number of nitro groups is 1. The van der Waals surface area contributed by atoms with Crippen molar-refractivity contribution in [3.63, 3.8) is 0 Å². The fourth-order valence-corrected chi connectivity index (χ4v) is 2.23. The summed E-state index contributed by atoms with van der Waals surface area (Å²) in [4.78, 5) is 12.5. The summed E-state index contributed by atoms with van der Waals surface area (Å²) in [6.45, 7) is 0. The number of nitro benzene ring substituents is 1. The summed E-state index contributed by atoms with van der Waals surface area (Å²) in [6.07, 6.45) is 1.20. The average Bonchev–Trinajstić information content (AvgIpc) is 2.48. The van der Waals surface area contributed by atoms with E-state index in [0.29, 0.717) is 14.9 Å². The van der Waals surface area contributed by atoms with Gasteiger partial charge in [-0.25, -0.2) is 0 Å². The molecule has 2 aromatic rings. The third-order valence-electron chi connectivity index (χ3n) is 3.07. The largest absolute Gasteiger partial charge is 0.618 e. The molecule has 0 N–H and O–H groups in total. The maximum Gasteiger partial charge on any atom is 0.283 e. The Morgan fingerprint density at radius 3 is 2.27 bits per heavy atom. The first kappa shape index (κ1) is 16.0. The molecule has 0 fully saturated rings. The molecule has 0 unspecified atom stereocenters. The fraction of sp³-hybridized carbons (Fsp3) is 0.133. The average molecular weight is 364 g/mol. The molecule has 0 bridgehead atoms. The molecule has 0 heterocycles. The number of rotatable bonds is 4. The van der Waals surface area contributed by atoms with Crippen molar-refractivity contribution in [2.45, 2.75) is 0 Å². The zero-order valence-electron chi connectivity index (χ0n) is 12.1. The van der Waals surface area contributed by atoms with E-state index in [1.165, 1.54) is 18.3 Å². The molecular formula is C15H14BrN3O3. The van der Waals surface area contributed by atoms with Crippen LogP contribution < -0.4 is 4.90 Å². The molecule has 0 aromatic heterocycles. The van der Waals surface area contributed by atoms with Gasteiger partial charge in [-0.2, -0.15) is 4.74 Å². The van der Waals surface area contributed by atoms with Gasteiger partial charge in [0.05, 0.1) is 4.92 Å². The van der Waals surface area contributed by atoms with Crippen molar-refractivity contribution in [2.75, 3.05) is 19.0 Å². The van der Waals surface area contributed by atoms with Gasteiger partial charge in [0.25, 0.3) is 5.69 Å². The Morgan fingerprint density at radius 1 is 1.09 bits per heavy atom. The van der Waals surface area contributed by atoms with Gasteiger partial charge in [0.1, 0.15) is 5.56 Å². The van der Waals surface area contributed by atoms with Crippen LogP contribution in [-0.2, 0) is 0 Å². The molecule has 6 nitrogen and oxygen atoms in total. The normalized spacial score (nSPS) is 11.3. The standard InChI is InChI=1S/C15H14BrN3O3/c1-17(2)13-5-7-14(8-6-13)18(20)10-11-3-4-12(16)9-15(11)19(21)22/h3-10H,1-2H3. The quantitative estimate of drug-likeness (QED) is 0.273. The van der Waals surface area contributed by atoms with Crippen LogP contribution in [-0.4, -0.2) is 30.0 Å². The molecule has 0 saturated carbocycles. The lowest BCUT2D eigenvalue weighted by molar-refractivity contribution is -0.386. The molecule has 0 aliphatic rings. The lowest BCUT2D eigenvalue weighted by Crippen LogP contribution is -2.08. The van der Waals surface area contributed by atoms with Gasteiger partial charge in [-0.05, 0) is 24.3 Å². The van der Waals surface area contributed by atoms with Crippen molar-refractivity contribution >= 4 is 39.2 Å². The van der Waals surface area contributed by atoms with Crippen LogP contribution in [0.2, 0.25) is 0 Å². The summed E-state index contributed by atoms with van der Waals surface area (Å²) in [5.41, 5.74) is 1.50. The molecule has 0 amide bonds. The molecule has 2 rings (SSSR count). The second-order valence-electron chi connectivity index (χ2n) is 4.83. The number of hydrogen-bond donors (Lipinski definition) is 0. The summed E-state index contributed by atoms with van der Waals surface area (Å²) < 4.78 is 1.21. The van der Waals surface area contributed by atoms with Crippen molar-refractivity contribution in [1.82, 2.24) is 0 Å². The number of hydrogen-bond acceptors (Lipinski definition) is 4. The highest BCUT2D eigenvalue weighted by Crippen LogP contribution is 2.23. The Kier molecular flexibility index (Phi) is 4.77. The molecule has 0 atom stereocenters. The number of halogens is 1. The molecule has 0 aliphatic carbocycles. The smallest absolute Gasteiger partial charge is 0.283 e. The van der Waals surface area contributed by atoms with Gasteiger partial charge in [0.15, 0.2) is 6.21 Å². The summed E-state index contributed by atoms with van der Waals surface area (Å²) in [5.74, 6) is 0. The summed E-state index contributed by atoms with van der Waals surface area (Å²) >= 11 is 3.18. The molecule has 114 valence electrons. The van der Waals surface area contributed by atoms with Crippen LogP contribution in [0.4, 0.5) is 17.1 Å². The summed E-state index contributed by atoms with van der Waals surface area (Å²) in [5, 5.41) is 23.2. The Bertz CT molecular complexity index is 727. The predicted molar refractivity (Wildman–Crippen MR) is 90.0 cm³/mol. The van der Waals surface area contributed by atoms with Gasteiger partial charge in [0.2, 0.25) is 5.69 Å². The molecule has 0 spiro atoms. The van der Waals surface area contributed by atoms with E-state index in [2.05, 4.69) is 15.9 Å². The topological polar surface area (TPSA) is 72.5 Å². The van der Waals surface area contributed by atoms with E-state index in [-0.39, 0.29) is 11.3 Å². The Balaban J connectivity index is 2.38. The van der Waals surface area contributed by atoms with Gasteiger partial charge < -0.3 is 10.1 Å². The SMILES string of the molecule is CN(C)c1ccc([N+]([O-])=Cc2ccc(Br)cc2[N+](=O)[O-])cc1. The van der Waals surface area contributed by atoms with E-state index in [9.17, 15) is 15.3 Å². The summed E-state index contributed by atoms with van der Waals surface area (Å²) in [6, 6.07) is 11.5. The van der Waals surface area contributed by atoms with Crippen LogP contribution >= 0.6 is 15.9 Å². The third kappa shape index (κ3) is 3.62. The first-order valence-electron chi connectivity index (χ1n) is 6.41. The van der Waals surface area contributed by atoms with E-state index in [1.54, 1.807) is 18.2 Å². The molecule has 7 heteroatoms. The van der Waals surface area contributed by atoms with E-state index in [0.717, 1.165) is 5.69 Å². The van der Waals surface area contributed by atoms with E-state index < -0.39 is 4.92 Å². The van der Waals surface area contributed by atoms with Gasteiger partial charge in [-0.15, -0.1) is 0 Å². The van der Waals surface area contributed by atoms with Crippen molar-refractivity contribution in [1.29, 1.82) is 0 Å². The van der Waals surface area contributed by atoms with Gasteiger partial charge >= 0.3 is 0 Å². The van der Waals surface area contributed by atoms with Crippen LogP contribution in [0.3, 0.4) is 0 Å². The number of benzene rings is 2. The maximum atomic E-state index is 12.2. The van der Waals surface area contributed by atoms with Crippen molar-refractivity contribution in [2.24, 2.45) is 0 Å². The van der Waals surface area contributed by atoms with E-state index in [4.69, 9.17) is 0 Å². The predicted octanol–water partition coefficient (Wildman–Crippen LogP) is 3.68. The molecule has 0 aliphatic heterocycles. The Morgan fingerprint density at radius 2 is 1.73 bits per heavy atom. The van der Waals surface area contributed by atoms with Crippen molar-refractivity contribution in [3.8, 4) is 0 Å². The van der Waals surface area contributed by atoms with Crippen LogP contribution in [0.15, 0.2) is 46.9 Å². The van der Waals surface area contributed by atoms with E-state index in [1.807, 2.05) is 31.1 Å². The zero-order chi connectivity index (χ0) is 16.3. The second-order valence-corrected chi connectivity index (χ2v) is 5.74. The van der Waals surface area contributed by atoms with Gasteiger partial charge in [0, 0.05) is 42.5 Å². The molecule has 22 heavy (non-hydrogen) atoms. The van der Waals surface area contributed by atoms with Crippen LogP contribution in [0.1, 0.15) is 5.56 Å². The maximum absolute atomic E-state index is 12.2. The second kappa shape index (κ2) is 6.57. The van der Waals surface area contributed by atoms with Crippen LogP contribution in [0.5, 0.6) is 0 Å². The highest BCUT2D eigenvalue weighted by Gasteiger charge is 2.15. The monoisotopic (exact) mass is 363 g/mol. The van der Waals surface area contributed by atoms with Crippen LogP contribution in [0, 0.1) is 15.3 Å². The third-order valence-corrected chi connectivity index (χ3v) is 3.56. The lowest BCUT2D eigenvalue weighted by atomic mass is 10.2. The molecule has 0 radical (unpaired) electrons. The number of anilines is 1.